The highest BCUT2D eigenvalue weighted by atomic mass is 127. The predicted molar refractivity (Wildman–Crippen MR) is 115 cm³/mol. The summed E-state index contributed by atoms with van der Waals surface area (Å²) in [6.45, 7) is 5.49. The van der Waals surface area contributed by atoms with Gasteiger partial charge in [-0.1, -0.05) is 11.6 Å². The Morgan fingerprint density at radius 2 is 1.96 bits per heavy atom. The average molecular weight is 496 g/mol. The molecule has 1 heterocycles. The molecule has 1 aliphatic rings. The van der Waals surface area contributed by atoms with E-state index in [0.29, 0.717) is 18.2 Å². The molecule has 1 saturated heterocycles. The van der Waals surface area contributed by atoms with Crippen LogP contribution in [0.5, 0.6) is 5.75 Å². The maximum atomic E-state index is 11.6. The van der Waals surface area contributed by atoms with Crippen LogP contribution in [0.15, 0.2) is 29.3 Å². The third-order valence-corrected chi connectivity index (χ3v) is 4.35. The van der Waals surface area contributed by atoms with Crippen molar-refractivity contribution in [2.24, 2.45) is 10.9 Å². The molecule has 0 bridgehead atoms. The molecule has 26 heavy (non-hydrogen) atoms. The zero-order valence-electron chi connectivity index (χ0n) is 15.2. The molecule has 1 aromatic rings. The van der Waals surface area contributed by atoms with Crippen LogP contribution < -0.4 is 10.1 Å². The number of rotatable bonds is 6. The summed E-state index contributed by atoms with van der Waals surface area (Å²) < 4.78 is 10.5. The molecule has 0 aromatic heterocycles. The summed E-state index contributed by atoms with van der Waals surface area (Å²) in [5, 5.41) is 3.99. The standard InChI is InChI=1S/C18H26ClN3O3.HI/c1-3-20-18(22-11-8-14(9-12-22)17(23)24-2)21-10-13-25-16-6-4-15(19)5-7-16;/h4-7,14H,3,8-13H2,1-2H3,(H,20,21);1H. The maximum Gasteiger partial charge on any atom is 0.308 e. The van der Waals surface area contributed by atoms with E-state index in [1.807, 2.05) is 19.1 Å². The summed E-state index contributed by atoms with van der Waals surface area (Å²) in [4.78, 5) is 18.4. The van der Waals surface area contributed by atoms with Crippen LogP contribution in [0.1, 0.15) is 19.8 Å². The first kappa shape index (κ1) is 22.8. The first-order valence-electron chi connectivity index (χ1n) is 8.63. The van der Waals surface area contributed by atoms with Gasteiger partial charge in [0.25, 0.3) is 0 Å². The first-order chi connectivity index (χ1) is 12.1. The highest BCUT2D eigenvalue weighted by Gasteiger charge is 2.26. The number of hydrogen-bond donors (Lipinski definition) is 1. The molecule has 2 rings (SSSR count). The lowest BCUT2D eigenvalue weighted by molar-refractivity contribution is -0.146. The van der Waals surface area contributed by atoms with Gasteiger partial charge < -0.3 is 19.7 Å². The minimum Gasteiger partial charge on any atom is -0.492 e. The van der Waals surface area contributed by atoms with E-state index in [1.54, 1.807) is 12.1 Å². The molecule has 146 valence electrons. The van der Waals surface area contributed by atoms with E-state index in [-0.39, 0.29) is 35.9 Å². The number of aliphatic imine (C=N–C) groups is 1. The van der Waals surface area contributed by atoms with Crippen LogP contribution in [0.3, 0.4) is 0 Å². The number of methoxy groups -OCH3 is 1. The molecule has 1 N–H and O–H groups in total. The fraction of sp³-hybridized carbons (Fsp3) is 0.556. The first-order valence-corrected chi connectivity index (χ1v) is 9.01. The number of likely N-dealkylation sites (tertiary alicyclic amines) is 1. The number of benzene rings is 1. The van der Waals surface area contributed by atoms with Crippen molar-refractivity contribution in [3.05, 3.63) is 29.3 Å². The fourth-order valence-electron chi connectivity index (χ4n) is 2.77. The van der Waals surface area contributed by atoms with Crippen LogP contribution in [0, 0.1) is 5.92 Å². The second-order valence-electron chi connectivity index (χ2n) is 5.82. The summed E-state index contributed by atoms with van der Waals surface area (Å²) >= 11 is 5.85. The number of nitrogens with zero attached hydrogens (tertiary/aromatic N) is 2. The van der Waals surface area contributed by atoms with Crippen molar-refractivity contribution in [2.75, 3.05) is 39.9 Å². The summed E-state index contributed by atoms with van der Waals surface area (Å²) in [6.07, 6.45) is 1.58. The summed E-state index contributed by atoms with van der Waals surface area (Å²) in [7, 11) is 1.45. The average Bonchev–Trinajstić information content (AvgIpc) is 2.65. The fourth-order valence-corrected chi connectivity index (χ4v) is 2.89. The quantitative estimate of drug-likeness (QED) is 0.216. The lowest BCUT2D eigenvalue weighted by Crippen LogP contribution is -2.46. The monoisotopic (exact) mass is 495 g/mol. The van der Waals surface area contributed by atoms with Crippen LogP contribution in [0.4, 0.5) is 0 Å². The van der Waals surface area contributed by atoms with Crippen molar-refractivity contribution >= 4 is 47.5 Å². The van der Waals surface area contributed by atoms with Gasteiger partial charge in [0.2, 0.25) is 0 Å². The van der Waals surface area contributed by atoms with Crippen LogP contribution >= 0.6 is 35.6 Å². The second-order valence-corrected chi connectivity index (χ2v) is 6.26. The Labute approximate surface area is 177 Å². The smallest absolute Gasteiger partial charge is 0.308 e. The number of nitrogens with one attached hydrogen (secondary N) is 1. The molecule has 0 amide bonds. The zero-order chi connectivity index (χ0) is 18.1. The van der Waals surface area contributed by atoms with Crippen LogP contribution in [-0.4, -0.2) is 56.7 Å². The highest BCUT2D eigenvalue weighted by molar-refractivity contribution is 14.0. The van der Waals surface area contributed by atoms with Gasteiger partial charge in [0.15, 0.2) is 5.96 Å². The molecule has 1 fully saturated rings. The van der Waals surface area contributed by atoms with Crippen molar-refractivity contribution in [3.8, 4) is 5.75 Å². The Bertz CT molecular complexity index is 576. The Morgan fingerprint density at radius 1 is 1.31 bits per heavy atom. The Kier molecular flexibility index (Phi) is 10.7. The third kappa shape index (κ3) is 7.19. The van der Waals surface area contributed by atoms with E-state index in [4.69, 9.17) is 21.1 Å². The molecule has 8 heteroatoms. The minimum atomic E-state index is -0.113. The molecular formula is C18H27ClIN3O3. The van der Waals surface area contributed by atoms with Crippen molar-refractivity contribution in [3.63, 3.8) is 0 Å². The molecule has 0 radical (unpaired) electrons. The van der Waals surface area contributed by atoms with E-state index < -0.39 is 0 Å². The Hall–Kier alpha value is -1.22. The van der Waals surface area contributed by atoms with Crippen molar-refractivity contribution < 1.29 is 14.3 Å². The maximum absolute atomic E-state index is 11.6. The van der Waals surface area contributed by atoms with Gasteiger partial charge in [-0.25, -0.2) is 4.99 Å². The third-order valence-electron chi connectivity index (χ3n) is 4.10. The van der Waals surface area contributed by atoms with Gasteiger partial charge in [0.1, 0.15) is 12.4 Å². The summed E-state index contributed by atoms with van der Waals surface area (Å²) in [5.74, 6) is 1.53. The van der Waals surface area contributed by atoms with Crippen molar-refractivity contribution in [1.29, 1.82) is 0 Å². The number of ether oxygens (including phenoxy) is 2. The molecule has 0 unspecified atom stereocenters. The largest absolute Gasteiger partial charge is 0.492 e. The number of piperidine rings is 1. The number of hydrogen-bond acceptors (Lipinski definition) is 4. The summed E-state index contributed by atoms with van der Waals surface area (Å²) in [6, 6.07) is 7.29. The lowest BCUT2D eigenvalue weighted by Gasteiger charge is -2.33. The summed E-state index contributed by atoms with van der Waals surface area (Å²) in [5.41, 5.74) is 0. The van der Waals surface area contributed by atoms with Crippen molar-refractivity contribution in [2.45, 2.75) is 19.8 Å². The number of carbonyl (C=O) groups excluding carboxylic acids is 1. The molecular weight excluding hydrogens is 469 g/mol. The molecule has 0 aliphatic carbocycles. The second kappa shape index (κ2) is 12.2. The van der Waals surface area contributed by atoms with Gasteiger partial charge in [-0.2, -0.15) is 0 Å². The van der Waals surface area contributed by atoms with Crippen molar-refractivity contribution in [1.82, 2.24) is 10.2 Å². The molecule has 1 aromatic carbocycles. The minimum absolute atomic E-state index is 0. The van der Waals surface area contributed by atoms with E-state index in [0.717, 1.165) is 44.2 Å². The van der Waals surface area contributed by atoms with Crippen LogP contribution in [0.2, 0.25) is 5.02 Å². The number of guanidine groups is 1. The Morgan fingerprint density at radius 3 is 2.54 bits per heavy atom. The topological polar surface area (TPSA) is 63.2 Å². The normalized spacial score (nSPS) is 15.2. The predicted octanol–water partition coefficient (Wildman–Crippen LogP) is 3.19. The van der Waals surface area contributed by atoms with Gasteiger partial charge in [0, 0.05) is 24.7 Å². The van der Waals surface area contributed by atoms with Crippen LogP contribution in [0.25, 0.3) is 0 Å². The van der Waals surface area contributed by atoms with E-state index in [2.05, 4.69) is 15.2 Å². The van der Waals surface area contributed by atoms with E-state index in [9.17, 15) is 4.79 Å². The van der Waals surface area contributed by atoms with Gasteiger partial charge in [-0.15, -0.1) is 24.0 Å². The van der Waals surface area contributed by atoms with E-state index >= 15 is 0 Å². The molecule has 0 atom stereocenters. The number of halogens is 2. The van der Waals surface area contributed by atoms with Gasteiger partial charge in [-0.3, -0.25) is 4.79 Å². The Balaban J connectivity index is 0.00000338. The SMILES string of the molecule is CCNC(=NCCOc1ccc(Cl)cc1)N1CCC(C(=O)OC)CC1.I. The molecule has 0 spiro atoms. The molecule has 1 aliphatic heterocycles. The van der Waals surface area contributed by atoms with Gasteiger partial charge in [0.05, 0.1) is 19.6 Å². The van der Waals surface area contributed by atoms with Crippen LogP contribution in [-0.2, 0) is 9.53 Å². The van der Waals surface area contributed by atoms with Gasteiger partial charge >= 0.3 is 5.97 Å². The molecule has 0 saturated carbocycles. The number of carbonyl (C=O) groups is 1. The van der Waals surface area contributed by atoms with Gasteiger partial charge in [-0.05, 0) is 44.0 Å². The lowest BCUT2D eigenvalue weighted by atomic mass is 9.97. The zero-order valence-corrected chi connectivity index (χ0v) is 18.3. The van der Waals surface area contributed by atoms with E-state index in [1.165, 1.54) is 7.11 Å². The highest BCUT2D eigenvalue weighted by Crippen LogP contribution is 2.18. The molecule has 6 nitrogen and oxygen atoms in total. The number of esters is 1.